The average molecular weight is 512 g/mol. The van der Waals surface area contributed by atoms with Gasteiger partial charge in [0.05, 0.1) is 10.6 Å². The summed E-state index contributed by atoms with van der Waals surface area (Å²) < 4.78 is 28.0. The standard InChI is InChI=1S/C27H30ClN3O3S/c1-21-4-14-26(15-5-21)35(33,34)31(25-12-10-24(28)11-13-25)20-27(32)29-18-22-6-8-23(9-7-22)19-30-16-2-3-17-30/h4-15H,2-3,16-20H2,1H3,(H,29,32). The average Bonchev–Trinajstić information content (AvgIpc) is 3.36. The van der Waals surface area contributed by atoms with E-state index in [4.69, 9.17) is 11.6 Å². The molecule has 0 unspecified atom stereocenters. The van der Waals surface area contributed by atoms with Gasteiger partial charge in [0.2, 0.25) is 5.91 Å². The predicted octanol–water partition coefficient (Wildman–Crippen LogP) is 4.76. The molecule has 0 saturated carbocycles. The topological polar surface area (TPSA) is 69.7 Å². The Morgan fingerprint density at radius 3 is 2.14 bits per heavy atom. The van der Waals surface area contributed by atoms with Crippen LogP contribution in [0, 0.1) is 6.92 Å². The van der Waals surface area contributed by atoms with Crippen LogP contribution in [0.3, 0.4) is 0 Å². The van der Waals surface area contributed by atoms with Crippen molar-refractivity contribution in [2.45, 2.75) is 37.8 Å². The lowest BCUT2D eigenvalue weighted by atomic mass is 10.1. The van der Waals surface area contributed by atoms with E-state index in [9.17, 15) is 13.2 Å². The van der Waals surface area contributed by atoms with Crippen LogP contribution >= 0.6 is 11.6 Å². The molecule has 184 valence electrons. The summed E-state index contributed by atoms with van der Waals surface area (Å²) in [5, 5.41) is 3.34. The number of amides is 1. The van der Waals surface area contributed by atoms with E-state index in [1.54, 1.807) is 48.5 Å². The van der Waals surface area contributed by atoms with Gasteiger partial charge in [0.1, 0.15) is 6.54 Å². The van der Waals surface area contributed by atoms with E-state index < -0.39 is 15.9 Å². The fourth-order valence-corrected chi connectivity index (χ4v) is 5.66. The molecular weight excluding hydrogens is 482 g/mol. The van der Waals surface area contributed by atoms with Crippen molar-refractivity contribution in [1.29, 1.82) is 0 Å². The van der Waals surface area contributed by atoms with Crippen LogP contribution in [-0.4, -0.2) is 38.9 Å². The Hall–Kier alpha value is -2.87. The number of anilines is 1. The number of carbonyl (C=O) groups excluding carboxylic acids is 1. The van der Waals surface area contributed by atoms with E-state index in [-0.39, 0.29) is 11.4 Å². The number of halogens is 1. The molecule has 0 spiro atoms. The van der Waals surface area contributed by atoms with Crippen LogP contribution in [-0.2, 0) is 27.9 Å². The number of hydrogen-bond acceptors (Lipinski definition) is 4. The summed E-state index contributed by atoms with van der Waals surface area (Å²) in [6.45, 7) is 5.10. The Kier molecular flexibility index (Phi) is 8.11. The second kappa shape index (κ2) is 11.2. The third kappa shape index (κ3) is 6.63. The van der Waals surface area contributed by atoms with Crippen molar-refractivity contribution >= 4 is 33.2 Å². The maximum Gasteiger partial charge on any atom is 0.264 e. The first kappa shape index (κ1) is 25.2. The molecule has 1 heterocycles. The molecule has 3 aromatic rings. The maximum absolute atomic E-state index is 13.4. The smallest absolute Gasteiger partial charge is 0.264 e. The molecule has 1 amide bonds. The minimum atomic E-state index is -3.95. The molecule has 0 atom stereocenters. The van der Waals surface area contributed by atoms with Gasteiger partial charge >= 0.3 is 0 Å². The van der Waals surface area contributed by atoms with Gasteiger partial charge < -0.3 is 5.32 Å². The Morgan fingerprint density at radius 2 is 1.51 bits per heavy atom. The molecule has 1 saturated heterocycles. The lowest BCUT2D eigenvalue weighted by Crippen LogP contribution is -2.40. The zero-order valence-corrected chi connectivity index (χ0v) is 21.4. The molecule has 1 aliphatic rings. The summed E-state index contributed by atoms with van der Waals surface area (Å²) in [6.07, 6.45) is 2.52. The van der Waals surface area contributed by atoms with Crippen molar-refractivity contribution in [1.82, 2.24) is 10.2 Å². The third-order valence-corrected chi connectivity index (χ3v) is 8.17. The zero-order chi connectivity index (χ0) is 24.8. The number of carbonyl (C=O) groups is 1. The number of sulfonamides is 1. The maximum atomic E-state index is 13.4. The predicted molar refractivity (Wildman–Crippen MR) is 140 cm³/mol. The number of rotatable bonds is 9. The first-order chi connectivity index (χ1) is 16.8. The monoisotopic (exact) mass is 511 g/mol. The van der Waals surface area contributed by atoms with Crippen molar-refractivity contribution < 1.29 is 13.2 Å². The Balaban J connectivity index is 1.44. The molecule has 0 radical (unpaired) electrons. The molecule has 1 N–H and O–H groups in total. The third-order valence-electron chi connectivity index (χ3n) is 6.13. The molecule has 1 aliphatic heterocycles. The van der Waals surface area contributed by atoms with E-state index in [0.717, 1.165) is 35.1 Å². The van der Waals surface area contributed by atoms with E-state index >= 15 is 0 Å². The summed E-state index contributed by atoms with van der Waals surface area (Å²) in [7, 11) is -3.95. The number of benzene rings is 3. The first-order valence-corrected chi connectivity index (χ1v) is 13.5. The van der Waals surface area contributed by atoms with E-state index in [1.165, 1.54) is 18.4 Å². The number of aryl methyl sites for hydroxylation is 1. The van der Waals surface area contributed by atoms with Crippen LogP contribution in [0.2, 0.25) is 5.02 Å². The van der Waals surface area contributed by atoms with E-state index in [0.29, 0.717) is 17.3 Å². The van der Waals surface area contributed by atoms with Gasteiger partial charge in [-0.1, -0.05) is 53.6 Å². The Bertz CT molecular complexity index is 1240. The number of nitrogens with zero attached hydrogens (tertiary/aromatic N) is 2. The molecule has 0 aliphatic carbocycles. The number of nitrogens with one attached hydrogen (secondary N) is 1. The van der Waals surface area contributed by atoms with Gasteiger partial charge in [-0.2, -0.15) is 0 Å². The highest BCUT2D eigenvalue weighted by Gasteiger charge is 2.27. The van der Waals surface area contributed by atoms with Gasteiger partial charge in [-0.05, 0) is 80.4 Å². The SMILES string of the molecule is Cc1ccc(S(=O)(=O)N(CC(=O)NCc2ccc(CN3CCCC3)cc2)c2ccc(Cl)cc2)cc1. The number of likely N-dealkylation sites (tertiary alicyclic amines) is 1. The molecule has 35 heavy (non-hydrogen) atoms. The van der Waals surface area contributed by atoms with Gasteiger partial charge in [-0.15, -0.1) is 0 Å². The highest BCUT2D eigenvalue weighted by molar-refractivity contribution is 7.92. The summed E-state index contributed by atoms with van der Waals surface area (Å²) in [4.78, 5) is 15.4. The van der Waals surface area contributed by atoms with Crippen LogP contribution in [0.5, 0.6) is 0 Å². The second-order valence-corrected chi connectivity index (χ2v) is 11.2. The lowest BCUT2D eigenvalue weighted by molar-refractivity contribution is -0.119. The largest absolute Gasteiger partial charge is 0.350 e. The van der Waals surface area contributed by atoms with Crippen molar-refractivity contribution in [2.75, 3.05) is 23.9 Å². The normalized spacial score (nSPS) is 14.1. The molecule has 1 fully saturated rings. The zero-order valence-electron chi connectivity index (χ0n) is 19.8. The summed E-state index contributed by atoms with van der Waals surface area (Å²) in [6, 6.07) is 21.2. The van der Waals surface area contributed by atoms with Crippen LogP contribution in [0.15, 0.2) is 77.7 Å². The molecular formula is C27H30ClN3O3S. The molecule has 8 heteroatoms. The molecule has 4 rings (SSSR count). The summed E-state index contributed by atoms with van der Waals surface area (Å²) >= 11 is 6.00. The lowest BCUT2D eigenvalue weighted by Gasteiger charge is -2.24. The van der Waals surface area contributed by atoms with Crippen molar-refractivity contribution in [3.63, 3.8) is 0 Å². The van der Waals surface area contributed by atoms with Gasteiger partial charge in [-0.3, -0.25) is 14.0 Å². The minimum absolute atomic E-state index is 0.124. The van der Waals surface area contributed by atoms with Crippen molar-refractivity contribution in [3.05, 3.63) is 94.5 Å². The first-order valence-electron chi connectivity index (χ1n) is 11.7. The summed E-state index contributed by atoms with van der Waals surface area (Å²) in [5.41, 5.74) is 3.53. The quantitative estimate of drug-likeness (QED) is 0.450. The van der Waals surface area contributed by atoms with Crippen LogP contribution < -0.4 is 9.62 Å². The summed E-state index contributed by atoms with van der Waals surface area (Å²) in [5.74, 6) is -0.392. The second-order valence-electron chi connectivity index (χ2n) is 8.88. The highest BCUT2D eigenvalue weighted by atomic mass is 35.5. The molecule has 0 bridgehead atoms. The number of hydrogen-bond donors (Lipinski definition) is 1. The van der Waals surface area contributed by atoms with Gasteiger partial charge in [0, 0.05) is 18.1 Å². The van der Waals surface area contributed by atoms with Gasteiger partial charge in [-0.25, -0.2) is 8.42 Å². The van der Waals surface area contributed by atoms with Gasteiger partial charge in [0.25, 0.3) is 10.0 Å². The van der Waals surface area contributed by atoms with E-state index in [2.05, 4.69) is 22.3 Å². The van der Waals surface area contributed by atoms with Crippen LogP contribution in [0.1, 0.15) is 29.5 Å². The fraction of sp³-hybridized carbons (Fsp3) is 0.296. The van der Waals surface area contributed by atoms with Crippen molar-refractivity contribution in [2.24, 2.45) is 0 Å². The van der Waals surface area contributed by atoms with Crippen LogP contribution in [0.4, 0.5) is 5.69 Å². The van der Waals surface area contributed by atoms with E-state index in [1.807, 2.05) is 19.1 Å². The Labute approximate surface area is 212 Å². The molecule has 0 aromatic heterocycles. The minimum Gasteiger partial charge on any atom is -0.350 e. The molecule has 6 nitrogen and oxygen atoms in total. The van der Waals surface area contributed by atoms with Crippen LogP contribution in [0.25, 0.3) is 0 Å². The fourth-order valence-electron chi connectivity index (χ4n) is 4.11. The molecule has 3 aromatic carbocycles. The Morgan fingerprint density at radius 1 is 0.914 bits per heavy atom. The highest BCUT2D eigenvalue weighted by Crippen LogP contribution is 2.25. The van der Waals surface area contributed by atoms with Crippen molar-refractivity contribution in [3.8, 4) is 0 Å². The van der Waals surface area contributed by atoms with Gasteiger partial charge in [0.15, 0.2) is 0 Å².